The first-order valence-corrected chi connectivity index (χ1v) is 8.71. The van der Waals surface area contributed by atoms with Crippen LogP contribution in [0.2, 0.25) is 0 Å². The van der Waals surface area contributed by atoms with Crippen molar-refractivity contribution in [3.63, 3.8) is 0 Å². The number of benzene rings is 2. The summed E-state index contributed by atoms with van der Waals surface area (Å²) in [6.07, 6.45) is -0.392. The van der Waals surface area contributed by atoms with E-state index in [1.54, 1.807) is 39.3 Å². The van der Waals surface area contributed by atoms with Crippen LogP contribution in [0.25, 0.3) is 0 Å². The van der Waals surface area contributed by atoms with Crippen molar-refractivity contribution in [2.75, 3.05) is 33.2 Å². The minimum atomic E-state index is -0.519. The first-order valence-electron chi connectivity index (χ1n) is 8.71. The molecule has 0 aliphatic heterocycles. The Morgan fingerprint density at radius 2 is 1.79 bits per heavy atom. The lowest BCUT2D eigenvalue weighted by Gasteiger charge is -2.25. The van der Waals surface area contributed by atoms with Gasteiger partial charge in [-0.2, -0.15) is 0 Å². The molecule has 0 aromatic heterocycles. The molecule has 0 aliphatic rings. The Morgan fingerprint density at radius 1 is 1.14 bits per heavy atom. The van der Waals surface area contributed by atoms with Crippen molar-refractivity contribution in [1.82, 2.24) is 5.32 Å². The third kappa shape index (κ3) is 4.77. The van der Waals surface area contributed by atoms with E-state index in [-0.39, 0.29) is 17.3 Å². The zero-order chi connectivity index (χ0) is 20.8. The number of rotatable bonds is 8. The second-order valence-electron chi connectivity index (χ2n) is 6.54. The van der Waals surface area contributed by atoms with Crippen molar-refractivity contribution >= 4 is 17.3 Å². The summed E-state index contributed by atoms with van der Waals surface area (Å²) in [5.41, 5.74) is 1.56. The zero-order valence-electron chi connectivity index (χ0n) is 16.6. The fourth-order valence-corrected chi connectivity index (χ4v) is 2.99. The summed E-state index contributed by atoms with van der Waals surface area (Å²) in [6, 6.07) is 11.2. The number of nitrogens with zero attached hydrogens (tertiary/aromatic N) is 2. The van der Waals surface area contributed by atoms with Crippen LogP contribution in [0.5, 0.6) is 5.75 Å². The number of methoxy groups -OCH3 is 2. The first-order chi connectivity index (χ1) is 13.3. The highest BCUT2D eigenvalue weighted by Gasteiger charge is 2.24. The van der Waals surface area contributed by atoms with Crippen molar-refractivity contribution in [1.29, 1.82) is 0 Å². The van der Waals surface area contributed by atoms with Crippen LogP contribution in [0, 0.1) is 10.1 Å². The van der Waals surface area contributed by atoms with E-state index in [0.717, 1.165) is 11.3 Å². The number of nitro groups is 1. The Hall–Kier alpha value is -3.13. The van der Waals surface area contributed by atoms with E-state index >= 15 is 0 Å². The van der Waals surface area contributed by atoms with Gasteiger partial charge in [-0.15, -0.1) is 0 Å². The summed E-state index contributed by atoms with van der Waals surface area (Å²) in [5.74, 6) is 0.318. The fraction of sp³-hybridized carbons (Fsp3) is 0.350. The normalized spacial score (nSPS) is 12.8. The van der Waals surface area contributed by atoms with E-state index in [0.29, 0.717) is 5.69 Å². The quantitative estimate of drug-likeness (QED) is 0.552. The Labute approximate surface area is 164 Å². The van der Waals surface area contributed by atoms with Crippen molar-refractivity contribution in [2.24, 2.45) is 0 Å². The largest absolute Gasteiger partial charge is 0.497 e. The molecule has 8 nitrogen and oxygen atoms in total. The molecular formula is C20H25N3O5. The van der Waals surface area contributed by atoms with Gasteiger partial charge in [-0.1, -0.05) is 12.1 Å². The van der Waals surface area contributed by atoms with Crippen molar-refractivity contribution in [3.05, 3.63) is 63.7 Å². The smallest absolute Gasteiger partial charge is 0.270 e. The van der Waals surface area contributed by atoms with E-state index in [1.807, 2.05) is 31.2 Å². The highest BCUT2D eigenvalue weighted by molar-refractivity contribution is 6.00. The van der Waals surface area contributed by atoms with Gasteiger partial charge in [0.05, 0.1) is 23.6 Å². The lowest BCUT2D eigenvalue weighted by molar-refractivity contribution is -0.384. The van der Waals surface area contributed by atoms with Gasteiger partial charge in [0.1, 0.15) is 11.9 Å². The molecule has 0 heterocycles. The molecular weight excluding hydrogens is 362 g/mol. The van der Waals surface area contributed by atoms with Gasteiger partial charge in [-0.3, -0.25) is 14.9 Å². The topological polar surface area (TPSA) is 93.9 Å². The maximum absolute atomic E-state index is 12.9. The van der Waals surface area contributed by atoms with E-state index in [1.165, 1.54) is 12.1 Å². The van der Waals surface area contributed by atoms with E-state index < -0.39 is 16.9 Å². The molecule has 1 amide bonds. The van der Waals surface area contributed by atoms with Gasteiger partial charge < -0.3 is 19.7 Å². The molecule has 150 valence electrons. The van der Waals surface area contributed by atoms with Gasteiger partial charge in [0.2, 0.25) is 0 Å². The van der Waals surface area contributed by atoms with Crippen molar-refractivity contribution < 1.29 is 19.2 Å². The summed E-state index contributed by atoms with van der Waals surface area (Å²) in [4.78, 5) is 25.2. The number of nitrogens with one attached hydrogen (secondary N) is 1. The standard InChI is InChI=1S/C20H25N3O5/c1-13(19(28-5)14-6-9-16(27-4)10-7-14)21-20(24)17-12-15(23(25)26)8-11-18(17)22(2)3/h6-13,19H,1-5H3,(H,21,24)/t13-,19-/m0/s1. The summed E-state index contributed by atoms with van der Waals surface area (Å²) in [5, 5.41) is 14.0. The number of hydrogen-bond acceptors (Lipinski definition) is 6. The first kappa shape index (κ1) is 21.2. The molecule has 0 radical (unpaired) electrons. The SMILES string of the molecule is COc1ccc([C@@H](OC)[C@H](C)NC(=O)c2cc([N+](=O)[O-])ccc2N(C)C)cc1. The Bertz CT molecular complexity index is 836. The van der Waals surface area contributed by atoms with Gasteiger partial charge in [-0.25, -0.2) is 0 Å². The average Bonchev–Trinajstić information content (AvgIpc) is 2.68. The molecule has 0 bridgehead atoms. The predicted molar refractivity (Wildman–Crippen MR) is 107 cm³/mol. The zero-order valence-corrected chi connectivity index (χ0v) is 16.6. The van der Waals surface area contributed by atoms with Gasteiger partial charge in [0.25, 0.3) is 11.6 Å². The van der Waals surface area contributed by atoms with Crippen molar-refractivity contribution in [2.45, 2.75) is 19.1 Å². The summed E-state index contributed by atoms with van der Waals surface area (Å²) < 4.78 is 10.7. The molecule has 2 aromatic carbocycles. The lowest BCUT2D eigenvalue weighted by atomic mass is 10.0. The molecule has 0 spiro atoms. The van der Waals surface area contributed by atoms with Crippen LogP contribution in [0.3, 0.4) is 0 Å². The number of non-ortho nitro benzene ring substituents is 1. The third-order valence-electron chi connectivity index (χ3n) is 4.43. The number of amides is 1. The van der Waals surface area contributed by atoms with Crippen LogP contribution in [0.1, 0.15) is 28.9 Å². The number of carbonyl (C=O) groups is 1. The molecule has 2 rings (SSSR count). The monoisotopic (exact) mass is 387 g/mol. The molecule has 1 N–H and O–H groups in total. The molecule has 0 fully saturated rings. The van der Waals surface area contributed by atoms with Crippen LogP contribution in [-0.4, -0.2) is 45.2 Å². The average molecular weight is 387 g/mol. The molecule has 0 unspecified atom stereocenters. The summed E-state index contributed by atoms with van der Waals surface area (Å²) in [6.45, 7) is 1.82. The molecule has 28 heavy (non-hydrogen) atoms. The molecule has 2 atom stereocenters. The lowest BCUT2D eigenvalue weighted by Crippen LogP contribution is -2.38. The number of carbonyl (C=O) groups excluding carboxylic acids is 1. The summed E-state index contributed by atoms with van der Waals surface area (Å²) >= 11 is 0. The molecule has 0 aliphatic carbocycles. The van der Waals surface area contributed by atoms with E-state index in [9.17, 15) is 14.9 Å². The molecule has 0 saturated carbocycles. The maximum Gasteiger partial charge on any atom is 0.270 e. The van der Waals surface area contributed by atoms with Gasteiger partial charge in [-0.05, 0) is 30.7 Å². The van der Waals surface area contributed by atoms with Gasteiger partial charge >= 0.3 is 0 Å². The van der Waals surface area contributed by atoms with Crippen LogP contribution >= 0.6 is 0 Å². The minimum Gasteiger partial charge on any atom is -0.497 e. The van der Waals surface area contributed by atoms with Crippen LogP contribution in [-0.2, 0) is 4.74 Å². The molecule has 2 aromatic rings. The molecule has 0 saturated heterocycles. The second kappa shape index (κ2) is 9.18. The summed E-state index contributed by atoms with van der Waals surface area (Å²) in [7, 11) is 6.70. The van der Waals surface area contributed by atoms with E-state index in [2.05, 4.69) is 5.32 Å². The van der Waals surface area contributed by atoms with Crippen molar-refractivity contribution in [3.8, 4) is 5.75 Å². The third-order valence-corrected chi connectivity index (χ3v) is 4.43. The Kier molecular flexibility index (Phi) is 6.94. The Morgan fingerprint density at radius 3 is 2.29 bits per heavy atom. The number of nitro benzene ring substituents is 1. The second-order valence-corrected chi connectivity index (χ2v) is 6.54. The van der Waals surface area contributed by atoms with Gasteiger partial charge in [0, 0.05) is 39.0 Å². The van der Waals surface area contributed by atoms with Crippen LogP contribution in [0.4, 0.5) is 11.4 Å². The fourth-order valence-electron chi connectivity index (χ4n) is 2.99. The Balaban J connectivity index is 2.26. The van der Waals surface area contributed by atoms with Gasteiger partial charge in [0.15, 0.2) is 0 Å². The minimum absolute atomic E-state index is 0.137. The maximum atomic E-state index is 12.9. The highest BCUT2D eigenvalue weighted by Crippen LogP contribution is 2.26. The molecule has 8 heteroatoms. The van der Waals surface area contributed by atoms with Crippen LogP contribution < -0.4 is 15.0 Å². The number of hydrogen-bond donors (Lipinski definition) is 1. The predicted octanol–water partition coefficient (Wildman–Crippen LogP) is 3.18. The number of anilines is 1. The number of ether oxygens (including phenoxy) is 2. The highest BCUT2D eigenvalue weighted by atomic mass is 16.6. The van der Waals surface area contributed by atoms with Crippen LogP contribution in [0.15, 0.2) is 42.5 Å². The van der Waals surface area contributed by atoms with E-state index in [4.69, 9.17) is 9.47 Å².